The van der Waals surface area contributed by atoms with Crippen molar-refractivity contribution in [2.45, 2.75) is 18.6 Å². The standard InChI is InChI=1S/C11H23N3O2/c1-12(2)6-9-5-10(15)7-14(9)11(16)8-13(3)4/h9-10,15H,5-8H2,1-4H3. The molecule has 0 bridgehead atoms. The summed E-state index contributed by atoms with van der Waals surface area (Å²) in [7, 11) is 7.73. The minimum atomic E-state index is -0.365. The predicted octanol–water partition coefficient (Wildman–Crippen LogP) is -0.929. The zero-order chi connectivity index (χ0) is 12.3. The summed E-state index contributed by atoms with van der Waals surface area (Å²) in [5.74, 6) is 0.105. The number of hydrogen-bond acceptors (Lipinski definition) is 4. The lowest BCUT2D eigenvalue weighted by Gasteiger charge is -2.27. The molecular formula is C11H23N3O2. The molecule has 0 saturated carbocycles. The molecule has 0 aromatic carbocycles. The predicted molar refractivity (Wildman–Crippen MR) is 63.2 cm³/mol. The van der Waals surface area contributed by atoms with Gasteiger partial charge in [-0.1, -0.05) is 0 Å². The minimum Gasteiger partial charge on any atom is -0.391 e. The fraction of sp³-hybridized carbons (Fsp3) is 0.909. The largest absolute Gasteiger partial charge is 0.391 e. The topological polar surface area (TPSA) is 47.0 Å². The van der Waals surface area contributed by atoms with E-state index in [0.29, 0.717) is 19.5 Å². The molecule has 1 aliphatic heterocycles. The van der Waals surface area contributed by atoms with Crippen molar-refractivity contribution in [1.82, 2.24) is 14.7 Å². The number of aliphatic hydroxyl groups excluding tert-OH is 1. The Labute approximate surface area is 97.6 Å². The van der Waals surface area contributed by atoms with Gasteiger partial charge in [0.15, 0.2) is 0 Å². The average molecular weight is 229 g/mol. The van der Waals surface area contributed by atoms with Gasteiger partial charge < -0.3 is 19.8 Å². The third-order valence-corrected chi connectivity index (χ3v) is 2.74. The molecule has 1 amide bonds. The first-order chi connectivity index (χ1) is 7.40. The normalized spacial score (nSPS) is 25.8. The van der Waals surface area contributed by atoms with Gasteiger partial charge in [0.2, 0.25) is 5.91 Å². The van der Waals surface area contributed by atoms with E-state index in [0.717, 1.165) is 6.54 Å². The molecular weight excluding hydrogens is 206 g/mol. The molecule has 0 aromatic heterocycles. The first-order valence-electron chi connectivity index (χ1n) is 5.67. The van der Waals surface area contributed by atoms with Gasteiger partial charge in [0.1, 0.15) is 0 Å². The van der Waals surface area contributed by atoms with Crippen LogP contribution in [-0.4, -0.2) is 85.7 Å². The fourth-order valence-corrected chi connectivity index (χ4v) is 2.15. The van der Waals surface area contributed by atoms with Crippen LogP contribution in [0.5, 0.6) is 0 Å². The quantitative estimate of drug-likeness (QED) is 0.677. The van der Waals surface area contributed by atoms with E-state index in [9.17, 15) is 9.90 Å². The van der Waals surface area contributed by atoms with Gasteiger partial charge in [0.05, 0.1) is 12.6 Å². The highest BCUT2D eigenvalue weighted by Crippen LogP contribution is 2.18. The van der Waals surface area contributed by atoms with Crippen molar-refractivity contribution in [3.8, 4) is 0 Å². The van der Waals surface area contributed by atoms with E-state index in [-0.39, 0.29) is 18.1 Å². The zero-order valence-electron chi connectivity index (χ0n) is 10.7. The highest BCUT2D eigenvalue weighted by atomic mass is 16.3. The number of carbonyl (C=O) groups is 1. The number of likely N-dealkylation sites (N-methyl/N-ethyl adjacent to an activating group) is 2. The molecule has 0 aromatic rings. The van der Waals surface area contributed by atoms with Gasteiger partial charge in [0, 0.05) is 19.1 Å². The maximum atomic E-state index is 11.9. The molecule has 5 nitrogen and oxygen atoms in total. The second-order valence-electron chi connectivity index (χ2n) is 5.09. The highest BCUT2D eigenvalue weighted by molar-refractivity contribution is 5.79. The Hall–Kier alpha value is -0.650. The van der Waals surface area contributed by atoms with Crippen LogP contribution in [0.2, 0.25) is 0 Å². The van der Waals surface area contributed by atoms with Crippen molar-refractivity contribution in [3.63, 3.8) is 0 Å². The Morgan fingerprint density at radius 2 is 1.94 bits per heavy atom. The van der Waals surface area contributed by atoms with Gasteiger partial charge in [0.25, 0.3) is 0 Å². The zero-order valence-corrected chi connectivity index (χ0v) is 10.7. The minimum absolute atomic E-state index is 0.105. The molecule has 1 aliphatic rings. The summed E-state index contributed by atoms with van der Waals surface area (Å²) in [5, 5.41) is 9.64. The van der Waals surface area contributed by atoms with Crippen LogP contribution in [-0.2, 0) is 4.79 Å². The molecule has 1 N–H and O–H groups in total. The number of β-amino-alcohol motifs (C(OH)–C–C–N with tert-alkyl or cyclic N) is 1. The van der Waals surface area contributed by atoms with E-state index >= 15 is 0 Å². The third kappa shape index (κ3) is 3.73. The van der Waals surface area contributed by atoms with Gasteiger partial charge >= 0.3 is 0 Å². The molecule has 0 spiro atoms. The van der Waals surface area contributed by atoms with Gasteiger partial charge in [-0.05, 0) is 34.6 Å². The van der Waals surface area contributed by atoms with Gasteiger partial charge in [-0.15, -0.1) is 0 Å². The van der Waals surface area contributed by atoms with Gasteiger partial charge in [-0.3, -0.25) is 4.79 Å². The summed E-state index contributed by atoms with van der Waals surface area (Å²) < 4.78 is 0. The maximum absolute atomic E-state index is 11.9. The van der Waals surface area contributed by atoms with Crippen LogP contribution in [0.25, 0.3) is 0 Å². The van der Waals surface area contributed by atoms with Crippen molar-refractivity contribution in [1.29, 1.82) is 0 Å². The van der Waals surface area contributed by atoms with E-state index in [1.165, 1.54) is 0 Å². The Morgan fingerprint density at radius 1 is 1.31 bits per heavy atom. The molecule has 1 saturated heterocycles. The fourth-order valence-electron chi connectivity index (χ4n) is 2.15. The van der Waals surface area contributed by atoms with E-state index < -0.39 is 0 Å². The SMILES string of the molecule is CN(C)CC(=O)N1CC(O)CC1CN(C)C. The van der Waals surface area contributed by atoms with Crippen LogP contribution < -0.4 is 0 Å². The molecule has 1 rings (SSSR count). The van der Waals surface area contributed by atoms with Crippen LogP contribution in [0.3, 0.4) is 0 Å². The Bertz CT molecular complexity index is 243. The van der Waals surface area contributed by atoms with Crippen LogP contribution in [0.1, 0.15) is 6.42 Å². The third-order valence-electron chi connectivity index (χ3n) is 2.74. The van der Waals surface area contributed by atoms with E-state index in [1.807, 2.05) is 38.0 Å². The number of aliphatic hydroxyl groups is 1. The summed E-state index contributed by atoms with van der Waals surface area (Å²) in [6.45, 7) is 1.71. The summed E-state index contributed by atoms with van der Waals surface area (Å²) >= 11 is 0. The summed E-state index contributed by atoms with van der Waals surface area (Å²) in [6.07, 6.45) is 0.327. The van der Waals surface area contributed by atoms with E-state index in [4.69, 9.17) is 0 Å². The molecule has 2 atom stereocenters. The Balaban J connectivity index is 2.58. The van der Waals surface area contributed by atoms with E-state index in [2.05, 4.69) is 4.90 Å². The van der Waals surface area contributed by atoms with Crippen molar-refractivity contribution in [3.05, 3.63) is 0 Å². The highest BCUT2D eigenvalue weighted by Gasteiger charge is 2.34. The second kappa shape index (κ2) is 5.61. The number of carbonyl (C=O) groups excluding carboxylic acids is 1. The number of nitrogens with zero attached hydrogens (tertiary/aromatic N) is 3. The lowest BCUT2D eigenvalue weighted by molar-refractivity contribution is -0.133. The smallest absolute Gasteiger partial charge is 0.237 e. The summed E-state index contributed by atoms with van der Waals surface area (Å²) in [5.41, 5.74) is 0. The first-order valence-corrected chi connectivity index (χ1v) is 5.67. The maximum Gasteiger partial charge on any atom is 0.237 e. The first kappa shape index (κ1) is 13.4. The van der Waals surface area contributed by atoms with Crippen LogP contribution in [0.15, 0.2) is 0 Å². The molecule has 0 aliphatic carbocycles. The number of rotatable bonds is 4. The summed E-state index contributed by atoms with van der Waals surface area (Å²) in [4.78, 5) is 17.7. The van der Waals surface area contributed by atoms with Crippen molar-refractivity contribution in [2.75, 3.05) is 47.8 Å². The molecule has 5 heteroatoms. The van der Waals surface area contributed by atoms with Gasteiger partial charge in [-0.2, -0.15) is 0 Å². The molecule has 16 heavy (non-hydrogen) atoms. The van der Waals surface area contributed by atoms with Crippen molar-refractivity contribution < 1.29 is 9.90 Å². The molecule has 2 unspecified atom stereocenters. The monoisotopic (exact) mass is 229 g/mol. The van der Waals surface area contributed by atoms with Crippen molar-refractivity contribution >= 4 is 5.91 Å². The number of likely N-dealkylation sites (tertiary alicyclic amines) is 1. The lowest BCUT2D eigenvalue weighted by Crippen LogP contribution is -2.44. The van der Waals surface area contributed by atoms with Crippen LogP contribution >= 0.6 is 0 Å². The Morgan fingerprint density at radius 3 is 2.44 bits per heavy atom. The number of amides is 1. The van der Waals surface area contributed by atoms with Crippen LogP contribution in [0.4, 0.5) is 0 Å². The average Bonchev–Trinajstić information content (AvgIpc) is 2.44. The molecule has 1 heterocycles. The van der Waals surface area contributed by atoms with Crippen LogP contribution in [0, 0.1) is 0 Å². The molecule has 1 fully saturated rings. The second-order valence-corrected chi connectivity index (χ2v) is 5.09. The summed E-state index contributed by atoms with van der Waals surface area (Å²) in [6, 6.07) is 0.150. The Kier molecular flexibility index (Phi) is 4.70. The molecule has 94 valence electrons. The van der Waals surface area contributed by atoms with E-state index in [1.54, 1.807) is 0 Å². The van der Waals surface area contributed by atoms with Crippen molar-refractivity contribution in [2.24, 2.45) is 0 Å². The van der Waals surface area contributed by atoms with Gasteiger partial charge in [-0.25, -0.2) is 0 Å². The lowest BCUT2D eigenvalue weighted by atomic mass is 10.2. The number of hydrogen-bond donors (Lipinski definition) is 1. The molecule has 0 radical (unpaired) electrons.